The van der Waals surface area contributed by atoms with Crippen molar-refractivity contribution in [1.29, 1.82) is 0 Å². The van der Waals surface area contributed by atoms with E-state index in [2.05, 4.69) is 41.6 Å². The molecular weight excluding hydrogens is 369 g/mol. The van der Waals surface area contributed by atoms with Crippen molar-refractivity contribution < 1.29 is 0 Å². The second-order valence-electron chi connectivity index (χ2n) is 4.94. The fourth-order valence-electron chi connectivity index (χ4n) is 2.36. The fourth-order valence-corrected chi connectivity index (χ4v) is 2.99. The third-order valence-electron chi connectivity index (χ3n) is 3.26. The minimum Gasteiger partial charge on any atom is -0.357 e. The molecule has 1 saturated heterocycles. The Hall–Kier alpha value is -0.300. The van der Waals surface area contributed by atoms with Crippen LogP contribution in [0.3, 0.4) is 0 Å². The standard InChI is InChI=1S/C14H23N3S.HI/c1-3-15-14(16-10-13-7-5-9-18-13)17-8-4-6-12(2)11-17;/h5,7,9,12H,3-4,6,8,10-11H2,1-2H3,(H,15,16);1H. The molecule has 0 radical (unpaired) electrons. The van der Waals surface area contributed by atoms with Crippen LogP contribution in [0.15, 0.2) is 22.5 Å². The number of thiophene rings is 1. The molecule has 0 amide bonds. The number of piperidine rings is 1. The molecule has 1 aliphatic rings. The van der Waals surface area contributed by atoms with Gasteiger partial charge in [-0.15, -0.1) is 35.3 Å². The highest BCUT2D eigenvalue weighted by Gasteiger charge is 2.18. The summed E-state index contributed by atoms with van der Waals surface area (Å²) in [5.41, 5.74) is 0. The molecule has 19 heavy (non-hydrogen) atoms. The predicted molar refractivity (Wildman–Crippen MR) is 94.5 cm³/mol. The zero-order valence-electron chi connectivity index (χ0n) is 11.8. The maximum atomic E-state index is 4.76. The Morgan fingerprint density at radius 3 is 3.05 bits per heavy atom. The van der Waals surface area contributed by atoms with Gasteiger partial charge in [0.05, 0.1) is 6.54 Å². The summed E-state index contributed by atoms with van der Waals surface area (Å²) in [6.07, 6.45) is 2.63. The number of nitrogens with one attached hydrogen (secondary N) is 1. The lowest BCUT2D eigenvalue weighted by Gasteiger charge is -2.33. The maximum absolute atomic E-state index is 4.76. The zero-order valence-corrected chi connectivity index (χ0v) is 14.9. The Morgan fingerprint density at radius 1 is 1.58 bits per heavy atom. The topological polar surface area (TPSA) is 27.6 Å². The number of hydrogen-bond acceptors (Lipinski definition) is 2. The van der Waals surface area contributed by atoms with Gasteiger partial charge in [0.1, 0.15) is 0 Å². The average molecular weight is 393 g/mol. The van der Waals surface area contributed by atoms with Crippen molar-refractivity contribution in [2.45, 2.75) is 33.2 Å². The number of rotatable bonds is 3. The Balaban J connectivity index is 0.00000180. The van der Waals surface area contributed by atoms with Crippen LogP contribution in [-0.2, 0) is 6.54 Å². The molecule has 1 aromatic heterocycles. The normalized spacial score (nSPS) is 20.0. The molecule has 1 fully saturated rings. The molecular formula is C14H24IN3S. The molecule has 0 bridgehead atoms. The molecule has 1 unspecified atom stereocenters. The molecule has 0 aromatic carbocycles. The van der Waals surface area contributed by atoms with Crippen LogP contribution in [0.25, 0.3) is 0 Å². The second-order valence-corrected chi connectivity index (χ2v) is 5.98. The number of hydrogen-bond donors (Lipinski definition) is 1. The lowest BCUT2D eigenvalue weighted by molar-refractivity contribution is 0.266. The number of guanidine groups is 1. The van der Waals surface area contributed by atoms with Crippen molar-refractivity contribution in [2.75, 3.05) is 19.6 Å². The van der Waals surface area contributed by atoms with E-state index in [9.17, 15) is 0 Å². The molecule has 5 heteroatoms. The number of nitrogens with zero attached hydrogens (tertiary/aromatic N) is 2. The van der Waals surface area contributed by atoms with E-state index in [0.29, 0.717) is 0 Å². The number of aliphatic imine (C=N–C) groups is 1. The fraction of sp³-hybridized carbons (Fsp3) is 0.643. The van der Waals surface area contributed by atoms with E-state index in [0.717, 1.165) is 38.1 Å². The minimum absolute atomic E-state index is 0. The number of halogens is 1. The van der Waals surface area contributed by atoms with Gasteiger partial charge in [-0.3, -0.25) is 0 Å². The summed E-state index contributed by atoms with van der Waals surface area (Å²) in [6, 6.07) is 4.24. The van der Waals surface area contributed by atoms with E-state index in [1.165, 1.54) is 17.7 Å². The molecule has 2 rings (SSSR count). The first-order valence-electron chi connectivity index (χ1n) is 6.85. The lowest BCUT2D eigenvalue weighted by Crippen LogP contribution is -2.46. The first-order chi connectivity index (χ1) is 8.79. The zero-order chi connectivity index (χ0) is 12.8. The second kappa shape index (κ2) is 8.79. The van der Waals surface area contributed by atoms with E-state index in [1.807, 2.05) is 0 Å². The summed E-state index contributed by atoms with van der Waals surface area (Å²) >= 11 is 1.78. The van der Waals surface area contributed by atoms with Crippen molar-refractivity contribution in [3.63, 3.8) is 0 Å². The summed E-state index contributed by atoms with van der Waals surface area (Å²) in [7, 11) is 0. The van der Waals surface area contributed by atoms with Gasteiger partial charge in [0.15, 0.2) is 5.96 Å². The van der Waals surface area contributed by atoms with Gasteiger partial charge in [0.2, 0.25) is 0 Å². The van der Waals surface area contributed by atoms with Crippen LogP contribution in [0.2, 0.25) is 0 Å². The van der Waals surface area contributed by atoms with Crippen molar-refractivity contribution in [3.8, 4) is 0 Å². The minimum atomic E-state index is 0. The Bertz CT molecular complexity index is 378. The summed E-state index contributed by atoms with van der Waals surface area (Å²) < 4.78 is 0. The molecule has 1 atom stereocenters. The van der Waals surface area contributed by atoms with Crippen molar-refractivity contribution in [1.82, 2.24) is 10.2 Å². The molecule has 1 aliphatic heterocycles. The monoisotopic (exact) mass is 393 g/mol. The van der Waals surface area contributed by atoms with Gasteiger partial charge in [0, 0.05) is 24.5 Å². The van der Waals surface area contributed by atoms with E-state index in [1.54, 1.807) is 11.3 Å². The van der Waals surface area contributed by atoms with Crippen LogP contribution in [-0.4, -0.2) is 30.5 Å². The molecule has 1 aromatic rings. The van der Waals surface area contributed by atoms with Gasteiger partial charge >= 0.3 is 0 Å². The third-order valence-corrected chi connectivity index (χ3v) is 4.12. The van der Waals surface area contributed by atoms with Gasteiger partial charge in [-0.2, -0.15) is 0 Å². The molecule has 0 spiro atoms. The van der Waals surface area contributed by atoms with Gasteiger partial charge in [0.25, 0.3) is 0 Å². The van der Waals surface area contributed by atoms with Crippen molar-refractivity contribution in [2.24, 2.45) is 10.9 Å². The largest absolute Gasteiger partial charge is 0.357 e. The summed E-state index contributed by atoms with van der Waals surface area (Å²) in [4.78, 5) is 8.49. The average Bonchev–Trinajstić information content (AvgIpc) is 2.87. The van der Waals surface area contributed by atoms with Crippen molar-refractivity contribution >= 4 is 41.3 Å². The Morgan fingerprint density at radius 2 is 2.42 bits per heavy atom. The van der Waals surface area contributed by atoms with E-state index < -0.39 is 0 Å². The van der Waals surface area contributed by atoms with E-state index >= 15 is 0 Å². The predicted octanol–water partition coefficient (Wildman–Crippen LogP) is 3.56. The summed E-state index contributed by atoms with van der Waals surface area (Å²) in [5.74, 6) is 1.86. The quantitative estimate of drug-likeness (QED) is 0.483. The first kappa shape index (κ1) is 16.8. The van der Waals surface area contributed by atoms with Gasteiger partial charge < -0.3 is 10.2 Å². The van der Waals surface area contributed by atoms with E-state index in [4.69, 9.17) is 4.99 Å². The van der Waals surface area contributed by atoms with E-state index in [-0.39, 0.29) is 24.0 Å². The lowest BCUT2D eigenvalue weighted by atomic mass is 10.0. The molecule has 3 nitrogen and oxygen atoms in total. The highest BCUT2D eigenvalue weighted by atomic mass is 127. The van der Waals surface area contributed by atoms with Crippen LogP contribution in [0.5, 0.6) is 0 Å². The highest BCUT2D eigenvalue weighted by Crippen LogP contribution is 2.16. The van der Waals surface area contributed by atoms with Crippen LogP contribution in [0.4, 0.5) is 0 Å². The molecule has 0 aliphatic carbocycles. The number of likely N-dealkylation sites (tertiary alicyclic amines) is 1. The SMILES string of the molecule is CCNC(=NCc1cccs1)N1CCCC(C)C1.I. The summed E-state index contributed by atoms with van der Waals surface area (Å²) in [5, 5.41) is 5.53. The van der Waals surface area contributed by atoms with Crippen LogP contribution in [0.1, 0.15) is 31.6 Å². The Labute approximate surface area is 137 Å². The van der Waals surface area contributed by atoms with Gasteiger partial charge in [-0.25, -0.2) is 4.99 Å². The smallest absolute Gasteiger partial charge is 0.194 e. The molecule has 108 valence electrons. The maximum Gasteiger partial charge on any atom is 0.194 e. The van der Waals surface area contributed by atoms with Gasteiger partial charge in [-0.1, -0.05) is 13.0 Å². The summed E-state index contributed by atoms with van der Waals surface area (Å²) in [6.45, 7) is 8.47. The third kappa shape index (κ3) is 5.30. The Kier molecular flexibility index (Phi) is 7.75. The van der Waals surface area contributed by atoms with Crippen LogP contribution in [0, 0.1) is 5.92 Å². The van der Waals surface area contributed by atoms with Crippen LogP contribution < -0.4 is 5.32 Å². The van der Waals surface area contributed by atoms with Crippen molar-refractivity contribution in [3.05, 3.63) is 22.4 Å². The highest BCUT2D eigenvalue weighted by molar-refractivity contribution is 14.0. The molecule has 1 N–H and O–H groups in total. The molecule has 0 saturated carbocycles. The van der Waals surface area contributed by atoms with Crippen LogP contribution >= 0.6 is 35.3 Å². The van der Waals surface area contributed by atoms with Gasteiger partial charge in [-0.05, 0) is 37.1 Å². The first-order valence-corrected chi connectivity index (χ1v) is 7.73. The molecule has 2 heterocycles.